The molecule has 27 heavy (non-hydrogen) atoms. The van der Waals surface area contributed by atoms with Gasteiger partial charge in [0.1, 0.15) is 0 Å². The van der Waals surface area contributed by atoms with E-state index in [2.05, 4.69) is 44.2 Å². The molecular formula is C26H34O. The van der Waals surface area contributed by atoms with Crippen molar-refractivity contribution in [1.29, 1.82) is 0 Å². The molecule has 144 valence electrons. The molecule has 4 saturated carbocycles. The Morgan fingerprint density at radius 2 is 1.74 bits per heavy atom. The first-order valence-electron chi connectivity index (χ1n) is 11.3. The van der Waals surface area contributed by atoms with E-state index in [1.165, 1.54) is 50.5 Å². The standard InChI is InChI=1S/C26H34O/c1-25-14-7-6-10-20(25)11-12-21-22(25)13-15-26(2)23(21)17-19(24(26)27)16-18-8-4-3-5-9-18/h3-5,8-9,16,20-23H,6-7,10-15,17H2,1-2H3/b19-16+/t20-,21+,22-,23-,25-,26-/m0/s1. The molecule has 0 bridgehead atoms. The van der Waals surface area contributed by atoms with Crippen molar-refractivity contribution in [3.8, 4) is 0 Å². The quantitative estimate of drug-likeness (QED) is 0.509. The fourth-order valence-electron chi connectivity index (χ4n) is 7.85. The maximum atomic E-state index is 13.4. The first-order chi connectivity index (χ1) is 13.0. The number of carbonyl (C=O) groups excluding carboxylic acids is 1. The van der Waals surface area contributed by atoms with E-state index >= 15 is 0 Å². The maximum absolute atomic E-state index is 13.4. The molecule has 0 N–H and O–H groups in total. The second kappa shape index (κ2) is 6.33. The molecule has 0 saturated heterocycles. The summed E-state index contributed by atoms with van der Waals surface area (Å²) in [5, 5.41) is 0. The average Bonchev–Trinajstić information content (AvgIpc) is 2.93. The number of carbonyl (C=O) groups is 1. The Morgan fingerprint density at radius 3 is 2.56 bits per heavy atom. The van der Waals surface area contributed by atoms with Crippen molar-refractivity contribution in [1.82, 2.24) is 0 Å². The van der Waals surface area contributed by atoms with Crippen molar-refractivity contribution < 1.29 is 4.79 Å². The Morgan fingerprint density at radius 1 is 0.926 bits per heavy atom. The van der Waals surface area contributed by atoms with Crippen LogP contribution in [0.4, 0.5) is 0 Å². The van der Waals surface area contributed by atoms with E-state index in [9.17, 15) is 4.79 Å². The van der Waals surface area contributed by atoms with E-state index < -0.39 is 0 Å². The zero-order valence-electron chi connectivity index (χ0n) is 17.0. The predicted octanol–water partition coefficient (Wildman–Crippen LogP) is 6.68. The summed E-state index contributed by atoms with van der Waals surface area (Å²) in [6, 6.07) is 10.4. The smallest absolute Gasteiger partial charge is 0.165 e. The van der Waals surface area contributed by atoms with Gasteiger partial charge in [-0.3, -0.25) is 4.79 Å². The Labute approximate surface area is 164 Å². The zero-order chi connectivity index (χ0) is 18.6. The lowest BCUT2D eigenvalue weighted by molar-refractivity contribution is -0.137. The highest BCUT2D eigenvalue weighted by Gasteiger charge is 2.60. The minimum atomic E-state index is -0.0976. The van der Waals surface area contributed by atoms with Gasteiger partial charge in [0, 0.05) is 5.41 Å². The third kappa shape index (κ3) is 2.60. The summed E-state index contributed by atoms with van der Waals surface area (Å²) in [7, 11) is 0. The lowest BCUT2D eigenvalue weighted by atomic mass is 9.45. The second-order valence-corrected chi connectivity index (χ2v) is 10.5. The lowest BCUT2D eigenvalue weighted by Crippen LogP contribution is -2.52. The number of allylic oxidation sites excluding steroid dienone is 1. The fraction of sp³-hybridized carbons (Fsp3) is 0.654. The van der Waals surface area contributed by atoms with Crippen molar-refractivity contribution >= 4 is 11.9 Å². The van der Waals surface area contributed by atoms with Crippen molar-refractivity contribution in [2.75, 3.05) is 0 Å². The minimum Gasteiger partial charge on any atom is -0.294 e. The average molecular weight is 363 g/mol. The van der Waals surface area contributed by atoms with Crippen molar-refractivity contribution in [3.05, 3.63) is 41.5 Å². The highest BCUT2D eigenvalue weighted by Crippen LogP contribution is 2.66. The minimum absolute atomic E-state index is 0.0976. The Kier molecular flexibility index (Phi) is 4.15. The van der Waals surface area contributed by atoms with Gasteiger partial charge in [0.2, 0.25) is 0 Å². The van der Waals surface area contributed by atoms with E-state index in [1.54, 1.807) is 0 Å². The SMILES string of the molecule is C[C@]12CCCC[C@H]1CC[C@@H]1[C@@H]2CC[C@]2(C)C(=O)/C(=C/c3ccccc3)C[C@@H]12. The van der Waals surface area contributed by atoms with Gasteiger partial charge in [0.15, 0.2) is 5.78 Å². The molecule has 4 aliphatic carbocycles. The van der Waals surface area contributed by atoms with Crippen LogP contribution >= 0.6 is 0 Å². The van der Waals surface area contributed by atoms with Crippen LogP contribution < -0.4 is 0 Å². The number of hydrogen-bond donors (Lipinski definition) is 0. The van der Waals surface area contributed by atoms with Gasteiger partial charge in [-0.2, -0.15) is 0 Å². The molecule has 0 aromatic heterocycles. The monoisotopic (exact) mass is 362 g/mol. The molecular weight excluding hydrogens is 328 g/mol. The Balaban J connectivity index is 1.47. The molecule has 0 radical (unpaired) electrons. The van der Waals surface area contributed by atoms with Crippen LogP contribution in [0.15, 0.2) is 35.9 Å². The molecule has 0 heterocycles. The van der Waals surface area contributed by atoms with E-state index in [0.29, 0.717) is 17.1 Å². The van der Waals surface area contributed by atoms with Crippen LogP contribution in [0.1, 0.15) is 77.2 Å². The van der Waals surface area contributed by atoms with E-state index in [4.69, 9.17) is 0 Å². The Bertz CT molecular complexity index is 762. The number of rotatable bonds is 1. The summed E-state index contributed by atoms with van der Waals surface area (Å²) in [6.45, 7) is 4.92. The number of ketones is 1. The highest BCUT2D eigenvalue weighted by molar-refractivity contribution is 6.05. The predicted molar refractivity (Wildman–Crippen MR) is 111 cm³/mol. The van der Waals surface area contributed by atoms with Crippen molar-refractivity contribution in [2.24, 2.45) is 34.5 Å². The number of benzene rings is 1. The fourth-order valence-corrected chi connectivity index (χ4v) is 7.85. The number of Topliss-reactive ketones (excluding diaryl/α,β-unsaturated/α-hetero) is 1. The molecule has 5 rings (SSSR count). The highest BCUT2D eigenvalue weighted by atomic mass is 16.1. The zero-order valence-corrected chi connectivity index (χ0v) is 17.0. The van der Waals surface area contributed by atoms with Crippen LogP contribution in [0.2, 0.25) is 0 Å². The molecule has 1 nitrogen and oxygen atoms in total. The van der Waals surface area contributed by atoms with Gasteiger partial charge in [-0.15, -0.1) is 0 Å². The topological polar surface area (TPSA) is 17.1 Å². The summed E-state index contributed by atoms with van der Waals surface area (Å²) in [5.41, 5.74) is 2.74. The molecule has 0 amide bonds. The maximum Gasteiger partial charge on any atom is 0.165 e. The van der Waals surface area contributed by atoms with Gasteiger partial charge >= 0.3 is 0 Å². The number of hydrogen-bond acceptors (Lipinski definition) is 1. The Hall–Kier alpha value is -1.37. The molecule has 0 aliphatic heterocycles. The van der Waals surface area contributed by atoms with Crippen LogP contribution in [0, 0.1) is 34.5 Å². The molecule has 0 spiro atoms. The van der Waals surface area contributed by atoms with E-state index in [0.717, 1.165) is 36.2 Å². The van der Waals surface area contributed by atoms with Gasteiger partial charge in [-0.1, -0.05) is 57.0 Å². The first kappa shape index (κ1) is 17.7. The summed E-state index contributed by atoms with van der Waals surface area (Å²) >= 11 is 0. The summed E-state index contributed by atoms with van der Waals surface area (Å²) in [5.74, 6) is 3.63. The first-order valence-corrected chi connectivity index (χ1v) is 11.3. The molecule has 4 fully saturated rings. The van der Waals surface area contributed by atoms with E-state index in [-0.39, 0.29) is 5.41 Å². The summed E-state index contributed by atoms with van der Waals surface area (Å²) in [6.07, 6.45) is 14.2. The normalized spacial score (nSPS) is 45.3. The van der Waals surface area contributed by atoms with Gasteiger partial charge < -0.3 is 0 Å². The second-order valence-electron chi connectivity index (χ2n) is 10.5. The van der Waals surface area contributed by atoms with Crippen LogP contribution in [0.5, 0.6) is 0 Å². The van der Waals surface area contributed by atoms with Gasteiger partial charge in [-0.05, 0) is 91.2 Å². The van der Waals surface area contributed by atoms with Gasteiger partial charge in [0.25, 0.3) is 0 Å². The van der Waals surface area contributed by atoms with Crippen LogP contribution in [0.25, 0.3) is 6.08 Å². The molecule has 0 unspecified atom stereocenters. The molecule has 1 aromatic rings. The van der Waals surface area contributed by atoms with Gasteiger partial charge in [-0.25, -0.2) is 0 Å². The van der Waals surface area contributed by atoms with Crippen LogP contribution in [-0.4, -0.2) is 5.78 Å². The third-order valence-electron chi connectivity index (χ3n) is 9.36. The largest absolute Gasteiger partial charge is 0.294 e. The number of fused-ring (bicyclic) bond motifs is 5. The van der Waals surface area contributed by atoms with Crippen molar-refractivity contribution in [3.63, 3.8) is 0 Å². The molecule has 4 aliphatic rings. The van der Waals surface area contributed by atoms with Crippen molar-refractivity contribution in [2.45, 2.75) is 71.6 Å². The summed E-state index contributed by atoms with van der Waals surface area (Å²) < 4.78 is 0. The summed E-state index contributed by atoms with van der Waals surface area (Å²) in [4.78, 5) is 13.4. The van der Waals surface area contributed by atoms with Crippen LogP contribution in [0.3, 0.4) is 0 Å². The van der Waals surface area contributed by atoms with E-state index in [1.807, 2.05) is 6.07 Å². The molecule has 6 atom stereocenters. The van der Waals surface area contributed by atoms with Crippen LogP contribution in [-0.2, 0) is 4.79 Å². The lowest BCUT2D eigenvalue weighted by Gasteiger charge is -2.59. The van der Waals surface area contributed by atoms with Gasteiger partial charge in [0.05, 0.1) is 0 Å². The molecule has 1 heteroatoms. The third-order valence-corrected chi connectivity index (χ3v) is 9.36. The molecule has 1 aromatic carbocycles.